The normalized spacial score (nSPS) is 15.8. The predicted molar refractivity (Wildman–Crippen MR) is 66.9 cm³/mol. The van der Waals surface area contributed by atoms with E-state index in [9.17, 15) is 9.90 Å². The Morgan fingerprint density at radius 1 is 1.39 bits per heavy atom. The first kappa shape index (κ1) is 12.5. The molecule has 0 unspecified atom stereocenters. The number of anilines is 1. The molecule has 0 amide bonds. The molecular weight excluding hydrogens is 234 g/mol. The number of carboxylic acid groups (broad SMARTS) is 1. The van der Waals surface area contributed by atoms with E-state index in [0.29, 0.717) is 12.5 Å². The first-order valence-electron chi connectivity index (χ1n) is 6.06. The second-order valence-electron chi connectivity index (χ2n) is 4.67. The van der Waals surface area contributed by atoms with E-state index in [2.05, 4.69) is 0 Å². The molecule has 98 valence electrons. The molecular formula is C13H17NO4. The Morgan fingerprint density at radius 3 is 2.67 bits per heavy atom. The SMILES string of the molecule is Nc1cc(O)c(OCC2CCCC2)cc1C(=O)O. The number of phenolic OH excluding ortho intramolecular Hbond substituents is 1. The number of aromatic carboxylic acids is 1. The fourth-order valence-corrected chi connectivity index (χ4v) is 2.27. The number of rotatable bonds is 4. The Balaban J connectivity index is 2.11. The molecule has 0 aliphatic heterocycles. The Bertz CT molecular complexity index is 453. The summed E-state index contributed by atoms with van der Waals surface area (Å²) in [6.45, 7) is 0.510. The molecule has 5 nitrogen and oxygen atoms in total. The average Bonchev–Trinajstić information content (AvgIpc) is 2.80. The second-order valence-corrected chi connectivity index (χ2v) is 4.67. The van der Waals surface area contributed by atoms with E-state index in [1.807, 2.05) is 0 Å². The first-order valence-corrected chi connectivity index (χ1v) is 6.06. The predicted octanol–water partition coefficient (Wildman–Crippen LogP) is 2.24. The largest absolute Gasteiger partial charge is 0.504 e. The summed E-state index contributed by atoms with van der Waals surface area (Å²) in [6, 6.07) is 2.50. The van der Waals surface area contributed by atoms with E-state index in [1.54, 1.807) is 0 Å². The van der Waals surface area contributed by atoms with Crippen molar-refractivity contribution in [1.82, 2.24) is 0 Å². The van der Waals surface area contributed by atoms with Crippen molar-refractivity contribution in [3.8, 4) is 11.5 Å². The van der Waals surface area contributed by atoms with Crippen LogP contribution in [0.3, 0.4) is 0 Å². The lowest BCUT2D eigenvalue weighted by Crippen LogP contribution is -2.09. The average molecular weight is 251 g/mol. The van der Waals surface area contributed by atoms with Gasteiger partial charge in [0.2, 0.25) is 0 Å². The molecule has 2 rings (SSSR count). The van der Waals surface area contributed by atoms with Crippen LogP contribution in [0.4, 0.5) is 5.69 Å². The van der Waals surface area contributed by atoms with Crippen LogP contribution >= 0.6 is 0 Å². The van der Waals surface area contributed by atoms with Gasteiger partial charge in [-0.05, 0) is 18.8 Å². The van der Waals surface area contributed by atoms with Crippen molar-refractivity contribution in [2.75, 3.05) is 12.3 Å². The zero-order valence-electron chi connectivity index (χ0n) is 10.1. The van der Waals surface area contributed by atoms with Gasteiger partial charge in [0.05, 0.1) is 17.9 Å². The smallest absolute Gasteiger partial charge is 0.337 e. The Morgan fingerprint density at radius 2 is 2.06 bits per heavy atom. The van der Waals surface area contributed by atoms with Gasteiger partial charge in [-0.3, -0.25) is 0 Å². The maximum absolute atomic E-state index is 10.9. The lowest BCUT2D eigenvalue weighted by molar-refractivity contribution is 0.0697. The summed E-state index contributed by atoms with van der Waals surface area (Å²) >= 11 is 0. The number of hydrogen-bond acceptors (Lipinski definition) is 4. The molecule has 1 aliphatic carbocycles. The number of hydrogen-bond donors (Lipinski definition) is 3. The molecule has 5 heteroatoms. The minimum Gasteiger partial charge on any atom is -0.504 e. The van der Waals surface area contributed by atoms with Gasteiger partial charge in [-0.2, -0.15) is 0 Å². The van der Waals surface area contributed by atoms with Gasteiger partial charge in [-0.25, -0.2) is 4.79 Å². The lowest BCUT2D eigenvalue weighted by Gasteiger charge is -2.13. The lowest BCUT2D eigenvalue weighted by atomic mass is 10.1. The number of carbonyl (C=O) groups is 1. The summed E-state index contributed by atoms with van der Waals surface area (Å²) in [5.41, 5.74) is 5.50. The minimum atomic E-state index is -1.13. The number of carboxylic acids is 1. The maximum Gasteiger partial charge on any atom is 0.337 e. The van der Waals surface area contributed by atoms with Crippen molar-refractivity contribution in [3.05, 3.63) is 17.7 Å². The molecule has 0 atom stereocenters. The third kappa shape index (κ3) is 2.67. The van der Waals surface area contributed by atoms with Crippen molar-refractivity contribution in [1.29, 1.82) is 0 Å². The highest BCUT2D eigenvalue weighted by Crippen LogP contribution is 2.33. The van der Waals surface area contributed by atoms with Gasteiger partial charge in [0.1, 0.15) is 0 Å². The maximum atomic E-state index is 10.9. The van der Waals surface area contributed by atoms with Crippen LogP contribution in [0.25, 0.3) is 0 Å². The summed E-state index contributed by atoms with van der Waals surface area (Å²) in [4.78, 5) is 10.9. The number of nitrogen functional groups attached to an aromatic ring is 1. The fourth-order valence-electron chi connectivity index (χ4n) is 2.27. The monoisotopic (exact) mass is 251 g/mol. The Kier molecular flexibility index (Phi) is 3.60. The van der Waals surface area contributed by atoms with Crippen LogP contribution < -0.4 is 10.5 Å². The van der Waals surface area contributed by atoms with Crippen LogP contribution in [0.1, 0.15) is 36.0 Å². The molecule has 0 radical (unpaired) electrons. The molecule has 1 aromatic rings. The van der Waals surface area contributed by atoms with Crippen molar-refractivity contribution < 1.29 is 19.7 Å². The van der Waals surface area contributed by atoms with Gasteiger partial charge in [-0.15, -0.1) is 0 Å². The third-order valence-electron chi connectivity index (χ3n) is 3.31. The summed E-state index contributed by atoms with van der Waals surface area (Å²) in [5, 5.41) is 18.6. The van der Waals surface area contributed by atoms with Crippen molar-refractivity contribution in [2.24, 2.45) is 5.92 Å². The topological polar surface area (TPSA) is 92.8 Å². The van der Waals surface area contributed by atoms with E-state index in [-0.39, 0.29) is 22.7 Å². The number of phenols is 1. The molecule has 1 aliphatic rings. The van der Waals surface area contributed by atoms with Crippen LogP contribution in [-0.4, -0.2) is 22.8 Å². The molecule has 0 bridgehead atoms. The van der Waals surface area contributed by atoms with Gasteiger partial charge in [0.25, 0.3) is 0 Å². The van der Waals surface area contributed by atoms with Crippen molar-refractivity contribution in [3.63, 3.8) is 0 Å². The highest BCUT2D eigenvalue weighted by Gasteiger charge is 2.18. The summed E-state index contributed by atoms with van der Waals surface area (Å²) in [6.07, 6.45) is 4.67. The number of ether oxygens (including phenoxy) is 1. The zero-order chi connectivity index (χ0) is 13.1. The van der Waals surface area contributed by atoms with Crippen LogP contribution in [0.2, 0.25) is 0 Å². The molecule has 0 heterocycles. The van der Waals surface area contributed by atoms with Gasteiger partial charge >= 0.3 is 5.97 Å². The van der Waals surface area contributed by atoms with E-state index < -0.39 is 5.97 Å². The van der Waals surface area contributed by atoms with Crippen LogP contribution in [0.5, 0.6) is 11.5 Å². The van der Waals surface area contributed by atoms with Crippen LogP contribution in [0, 0.1) is 5.92 Å². The molecule has 0 aromatic heterocycles. The fraction of sp³-hybridized carbons (Fsp3) is 0.462. The van der Waals surface area contributed by atoms with E-state index in [1.165, 1.54) is 25.0 Å². The molecule has 18 heavy (non-hydrogen) atoms. The van der Waals surface area contributed by atoms with E-state index >= 15 is 0 Å². The minimum absolute atomic E-state index is 0.0354. The van der Waals surface area contributed by atoms with E-state index in [0.717, 1.165) is 12.8 Å². The highest BCUT2D eigenvalue weighted by atomic mass is 16.5. The molecule has 1 fully saturated rings. The number of aromatic hydroxyl groups is 1. The Labute approximate surface area is 105 Å². The standard InChI is InChI=1S/C13H17NO4/c14-10-6-11(15)12(5-9(10)13(16)17)18-7-8-3-1-2-4-8/h5-6,8,15H,1-4,7,14H2,(H,16,17). The van der Waals surface area contributed by atoms with Gasteiger partial charge in [0.15, 0.2) is 11.5 Å². The third-order valence-corrected chi connectivity index (χ3v) is 3.31. The molecule has 0 saturated heterocycles. The van der Waals surface area contributed by atoms with Gasteiger partial charge in [-0.1, -0.05) is 12.8 Å². The number of nitrogens with two attached hydrogens (primary N) is 1. The van der Waals surface area contributed by atoms with Crippen molar-refractivity contribution in [2.45, 2.75) is 25.7 Å². The molecule has 1 saturated carbocycles. The van der Waals surface area contributed by atoms with Crippen molar-refractivity contribution >= 4 is 11.7 Å². The van der Waals surface area contributed by atoms with Gasteiger partial charge in [0, 0.05) is 12.1 Å². The molecule has 1 aromatic carbocycles. The second kappa shape index (κ2) is 5.16. The number of benzene rings is 1. The van der Waals surface area contributed by atoms with E-state index in [4.69, 9.17) is 15.6 Å². The van der Waals surface area contributed by atoms with Gasteiger partial charge < -0.3 is 20.7 Å². The summed E-state index contributed by atoms with van der Waals surface area (Å²) < 4.78 is 5.50. The van der Waals surface area contributed by atoms with Crippen LogP contribution in [0.15, 0.2) is 12.1 Å². The summed E-state index contributed by atoms with van der Waals surface area (Å²) in [5.74, 6) is -0.558. The summed E-state index contributed by atoms with van der Waals surface area (Å²) in [7, 11) is 0. The highest BCUT2D eigenvalue weighted by molar-refractivity contribution is 5.94. The molecule has 0 spiro atoms. The Hall–Kier alpha value is -1.91. The quantitative estimate of drug-likeness (QED) is 0.713. The molecule has 4 N–H and O–H groups in total. The zero-order valence-corrected chi connectivity index (χ0v) is 10.1. The first-order chi connectivity index (χ1) is 8.58. The van der Waals surface area contributed by atoms with Crippen LogP contribution in [-0.2, 0) is 0 Å².